The van der Waals surface area contributed by atoms with Gasteiger partial charge in [0.1, 0.15) is 0 Å². The van der Waals surface area contributed by atoms with E-state index in [1.54, 1.807) is 12.1 Å². The van der Waals surface area contributed by atoms with Crippen LogP contribution in [0.5, 0.6) is 0 Å². The quantitative estimate of drug-likeness (QED) is 0.873. The lowest BCUT2D eigenvalue weighted by molar-refractivity contribution is 0.233. The Morgan fingerprint density at radius 2 is 2.11 bits per heavy atom. The van der Waals surface area contributed by atoms with Gasteiger partial charge in [-0.2, -0.15) is 4.31 Å². The van der Waals surface area contributed by atoms with E-state index in [-0.39, 0.29) is 17.0 Å². The summed E-state index contributed by atoms with van der Waals surface area (Å²) in [6, 6.07) is 4.77. The van der Waals surface area contributed by atoms with Crippen molar-refractivity contribution in [3.8, 4) is 0 Å². The molecule has 0 aromatic heterocycles. The number of hydrogen-bond donors (Lipinski definition) is 1. The van der Waals surface area contributed by atoms with Crippen molar-refractivity contribution >= 4 is 37.6 Å². The molecule has 4 nitrogen and oxygen atoms in total. The molecule has 1 aliphatic rings. The first-order valence-electron chi connectivity index (χ1n) is 6.04. The van der Waals surface area contributed by atoms with Crippen molar-refractivity contribution in [2.45, 2.75) is 30.8 Å². The van der Waals surface area contributed by atoms with Crippen LogP contribution in [0.1, 0.15) is 13.8 Å². The number of piperazine rings is 1. The van der Waals surface area contributed by atoms with E-state index in [1.165, 1.54) is 10.4 Å². The van der Waals surface area contributed by atoms with Crippen LogP contribution < -0.4 is 5.32 Å². The summed E-state index contributed by atoms with van der Waals surface area (Å²) in [7, 11) is -3.50. The second kappa shape index (κ2) is 5.69. The van der Waals surface area contributed by atoms with Crippen LogP contribution in [-0.4, -0.2) is 37.9 Å². The fourth-order valence-electron chi connectivity index (χ4n) is 2.14. The molecule has 0 aliphatic carbocycles. The molecular formula is C12H16BrClN2O2S. The third-order valence-corrected chi connectivity index (χ3v) is 6.69. The zero-order valence-electron chi connectivity index (χ0n) is 10.7. The first-order valence-corrected chi connectivity index (χ1v) is 8.65. The molecule has 1 fully saturated rings. The summed E-state index contributed by atoms with van der Waals surface area (Å²) in [4.78, 5) is 0.238. The molecule has 0 bridgehead atoms. The Kier molecular flexibility index (Phi) is 4.57. The van der Waals surface area contributed by atoms with E-state index in [0.29, 0.717) is 22.6 Å². The molecule has 2 unspecified atom stereocenters. The number of sulfonamides is 1. The van der Waals surface area contributed by atoms with Gasteiger partial charge in [-0.1, -0.05) is 11.6 Å². The summed E-state index contributed by atoms with van der Waals surface area (Å²) in [5, 5.41) is 3.67. The number of hydrogen-bond acceptors (Lipinski definition) is 3. The molecule has 1 aliphatic heterocycles. The lowest BCUT2D eigenvalue weighted by Crippen LogP contribution is -2.57. The highest BCUT2D eigenvalue weighted by Gasteiger charge is 2.34. The first-order chi connectivity index (χ1) is 8.84. The maximum absolute atomic E-state index is 12.6. The van der Waals surface area contributed by atoms with E-state index in [9.17, 15) is 8.42 Å². The molecule has 1 aromatic rings. The Balaban J connectivity index is 2.38. The summed E-state index contributed by atoms with van der Waals surface area (Å²) in [5.74, 6) is 0. The molecule has 0 radical (unpaired) electrons. The van der Waals surface area contributed by atoms with Gasteiger partial charge in [0.2, 0.25) is 10.0 Å². The predicted octanol–water partition coefficient (Wildman–Crippen LogP) is 2.47. The number of rotatable bonds is 2. The Bertz CT molecular complexity index is 579. The van der Waals surface area contributed by atoms with Crippen LogP contribution in [0, 0.1) is 0 Å². The number of nitrogens with one attached hydrogen (secondary N) is 1. The Labute approximate surface area is 127 Å². The van der Waals surface area contributed by atoms with Crippen molar-refractivity contribution in [2.75, 3.05) is 13.1 Å². The molecule has 1 N–H and O–H groups in total. The Hall–Kier alpha value is -0.140. The van der Waals surface area contributed by atoms with Gasteiger partial charge in [0, 0.05) is 29.6 Å². The molecule has 2 atom stereocenters. The molecular weight excluding hydrogens is 352 g/mol. The van der Waals surface area contributed by atoms with Crippen LogP contribution in [-0.2, 0) is 10.0 Å². The van der Waals surface area contributed by atoms with Gasteiger partial charge in [-0.3, -0.25) is 0 Å². The molecule has 19 heavy (non-hydrogen) atoms. The van der Waals surface area contributed by atoms with Crippen LogP contribution in [0.2, 0.25) is 5.02 Å². The predicted molar refractivity (Wildman–Crippen MR) is 80.0 cm³/mol. The largest absolute Gasteiger partial charge is 0.311 e. The molecule has 106 valence electrons. The van der Waals surface area contributed by atoms with E-state index >= 15 is 0 Å². The number of benzene rings is 1. The van der Waals surface area contributed by atoms with Crippen LogP contribution in [0.4, 0.5) is 0 Å². The lowest BCUT2D eigenvalue weighted by Gasteiger charge is -2.37. The van der Waals surface area contributed by atoms with E-state index < -0.39 is 10.0 Å². The average molecular weight is 368 g/mol. The van der Waals surface area contributed by atoms with Crippen LogP contribution >= 0.6 is 27.5 Å². The molecule has 0 amide bonds. The van der Waals surface area contributed by atoms with Gasteiger partial charge in [-0.15, -0.1) is 0 Å². The highest BCUT2D eigenvalue weighted by molar-refractivity contribution is 9.10. The van der Waals surface area contributed by atoms with Gasteiger partial charge in [0.25, 0.3) is 0 Å². The molecule has 1 heterocycles. The normalized spacial score (nSPS) is 25.5. The first kappa shape index (κ1) is 15.3. The van der Waals surface area contributed by atoms with Crippen LogP contribution in [0.15, 0.2) is 27.6 Å². The lowest BCUT2D eigenvalue weighted by atomic mass is 10.1. The van der Waals surface area contributed by atoms with E-state index in [4.69, 9.17) is 11.6 Å². The van der Waals surface area contributed by atoms with Gasteiger partial charge >= 0.3 is 0 Å². The SMILES string of the molecule is CC1NCCN(S(=O)(=O)c2ccc(Br)c(Cl)c2)C1C. The third-order valence-electron chi connectivity index (χ3n) is 3.47. The number of nitrogens with zero attached hydrogens (tertiary/aromatic N) is 1. The van der Waals surface area contributed by atoms with Crippen molar-refractivity contribution in [1.82, 2.24) is 9.62 Å². The van der Waals surface area contributed by atoms with Crippen molar-refractivity contribution in [2.24, 2.45) is 0 Å². The van der Waals surface area contributed by atoms with Crippen LogP contribution in [0.25, 0.3) is 0 Å². The Morgan fingerprint density at radius 3 is 2.74 bits per heavy atom. The zero-order chi connectivity index (χ0) is 14.2. The monoisotopic (exact) mass is 366 g/mol. The molecule has 1 aromatic carbocycles. The standard InChI is InChI=1S/C12H16BrClN2O2S/c1-8-9(2)16(6-5-15-8)19(17,18)10-3-4-11(13)12(14)7-10/h3-4,7-9,15H,5-6H2,1-2H3. The van der Waals surface area contributed by atoms with Crippen molar-refractivity contribution in [1.29, 1.82) is 0 Å². The average Bonchev–Trinajstić information content (AvgIpc) is 2.35. The summed E-state index contributed by atoms with van der Waals surface area (Å²) >= 11 is 9.24. The van der Waals surface area contributed by atoms with E-state index in [0.717, 1.165) is 0 Å². The molecule has 1 saturated heterocycles. The van der Waals surface area contributed by atoms with Crippen molar-refractivity contribution in [3.63, 3.8) is 0 Å². The summed E-state index contributed by atoms with van der Waals surface area (Å²) in [5.41, 5.74) is 0. The van der Waals surface area contributed by atoms with Gasteiger partial charge in [-0.25, -0.2) is 8.42 Å². The zero-order valence-corrected chi connectivity index (χ0v) is 13.9. The highest BCUT2D eigenvalue weighted by atomic mass is 79.9. The van der Waals surface area contributed by atoms with Gasteiger partial charge in [0.05, 0.1) is 9.92 Å². The molecule has 0 saturated carbocycles. The minimum absolute atomic E-state index is 0.0822. The van der Waals surface area contributed by atoms with Gasteiger partial charge in [0.15, 0.2) is 0 Å². The van der Waals surface area contributed by atoms with E-state index in [2.05, 4.69) is 21.2 Å². The van der Waals surface area contributed by atoms with E-state index in [1.807, 2.05) is 13.8 Å². The van der Waals surface area contributed by atoms with Crippen molar-refractivity contribution < 1.29 is 8.42 Å². The fourth-order valence-corrected chi connectivity index (χ4v) is 4.36. The summed E-state index contributed by atoms with van der Waals surface area (Å²) in [6.07, 6.45) is 0. The summed E-state index contributed by atoms with van der Waals surface area (Å²) < 4.78 is 27.5. The topological polar surface area (TPSA) is 49.4 Å². The second-order valence-electron chi connectivity index (χ2n) is 4.68. The maximum Gasteiger partial charge on any atom is 0.243 e. The second-order valence-corrected chi connectivity index (χ2v) is 7.83. The minimum Gasteiger partial charge on any atom is -0.311 e. The number of halogens is 2. The molecule has 2 rings (SSSR count). The highest BCUT2D eigenvalue weighted by Crippen LogP contribution is 2.28. The molecule has 0 spiro atoms. The van der Waals surface area contributed by atoms with Gasteiger partial charge < -0.3 is 5.32 Å². The van der Waals surface area contributed by atoms with Gasteiger partial charge in [-0.05, 0) is 48.0 Å². The molecule has 7 heteroatoms. The summed E-state index contributed by atoms with van der Waals surface area (Å²) in [6.45, 7) is 5.03. The minimum atomic E-state index is -3.50. The fraction of sp³-hybridized carbons (Fsp3) is 0.500. The van der Waals surface area contributed by atoms with Crippen LogP contribution in [0.3, 0.4) is 0 Å². The third kappa shape index (κ3) is 2.97. The van der Waals surface area contributed by atoms with Crippen molar-refractivity contribution in [3.05, 3.63) is 27.7 Å². The maximum atomic E-state index is 12.6. The smallest absolute Gasteiger partial charge is 0.243 e. The Morgan fingerprint density at radius 1 is 1.42 bits per heavy atom.